The maximum atomic E-state index is 12.8. The zero-order valence-electron chi connectivity index (χ0n) is 68.1. The van der Waals surface area contributed by atoms with Gasteiger partial charge in [0.25, 0.3) is 0 Å². The van der Waals surface area contributed by atoms with Crippen molar-refractivity contribution in [3.05, 3.63) is 60.8 Å². The van der Waals surface area contributed by atoms with Crippen LogP contribution in [0.2, 0.25) is 0 Å². The van der Waals surface area contributed by atoms with Crippen LogP contribution in [-0.2, 0) is 32.7 Å². The highest BCUT2D eigenvalue weighted by atomic mass is 31.2. The Morgan fingerprint density at radius 2 is 0.539 bits per heavy atom. The van der Waals surface area contributed by atoms with Crippen molar-refractivity contribution in [2.45, 2.75) is 489 Å². The molecule has 3 N–H and O–H groups in total. The SMILES string of the molecule is CC/C=C\C/C=C\C/C=C\C/C=C\C/C=C\CCCCCCCCCCCCCCCCCCCCCCCCCCCC(=O)OC(COC(=O)CCCCCCCCCCCCCCCCCCCCCCCCCCCCCCCCCCCCCCCCCC)COP(=O)(O)OCCN. The molecule has 102 heavy (non-hydrogen) atoms. The number of hydrogen-bond acceptors (Lipinski definition) is 8. The minimum Gasteiger partial charge on any atom is -0.462 e. The molecular weight excluding hydrogens is 1280 g/mol. The highest BCUT2D eigenvalue weighted by Gasteiger charge is 2.26. The van der Waals surface area contributed by atoms with Gasteiger partial charge in [0.05, 0.1) is 13.2 Å². The van der Waals surface area contributed by atoms with Crippen molar-refractivity contribution in [2.75, 3.05) is 26.4 Å². The number of unbranched alkanes of at least 4 members (excludes halogenated alkanes) is 64. The van der Waals surface area contributed by atoms with Crippen LogP contribution in [0.1, 0.15) is 483 Å². The Balaban J connectivity index is 3.69. The van der Waals surface area contributed by atoms with E-state index < -0.39 is 26.5 Å². The number of allylic oxidation sites excluding steroid dienone is 10. The maximum Gasteiger partial charge on any atom is 0.472 e. The zero-order chi connectivity index (χ0) is 73.6. The molecule has 0 aromatic heterocycles. The number of nitrogens with two attached hydrogens (primary N) is 1. The molecular formula is C92H174NO8P. The van der Waals surface area contributed by atoms with Crippen molar-refractivity contribution in [1.82, 2.24) is 0 Å². The minimum absolute atomic E-state index is 0.0564. The first-order valence-corrected chi connectivity index (χ1v) is 46.8. The monoisotopic (exact) mass is 1450 g/mol. The molecule has 0 aromatic rings. The lowest BCUT2D eigenvalue weighted by Crippen LogP contribution is -2.29. The molecule has 2 atom stereocenters. The third kappa shape index (κ3) is 86.6. The van der Waals surface area contributed by atoms with Crippen LogP contribution in [0.15, 0.2) is 60.8 Å². The third-order valence-corrected chi connectivity index (χ3v) is 21.7. The number of ether oxygens (including phenoxy) is 2. The third-order valence-electron chi connectivity index (χ3n) is 20.7. The summed E-state index contributed by atoms with van der Waals surface area (Å²) in [5, 5.41) is 0. The van der Waals surface area contributed by atoms with Crippen molar-refractivity contribution < 1.29 is 37.6 Å². The molecule has 0 saturated carbocycles. The van der Waals surface area contributed by atoms with E-state index in [1.807, 2.05) is 0 Å². The summed E-state index contributed by atoms with van der Waals surface area (Å²) >= 11 is 0. The van der Waals surface area contributed by atoms with Gasteiger partial charge in [-0.2, -0.15) is 0 Å². The number of phosphoric ester groups is 1. The standard InChI is InChI=1S/C92H174NO8P/c1-3-5-7-9-11-13-15-17-19-21-23-25-27-29-31-33-35-37-39-41-43-45-47-49-51-53-55-57-59-61-63-65-67-69-71-73-75-77-79-81-83-85-92(95)101-90(89-100-102(96,97)99-87-86-93)88-98-91(94)84-82-80-78-76-74-72-70-68-66-64-62-60-58-56-54-52-50-48-46-44-42-40-38-36-34-32-30-28-26-24-22-20-18-16-14-12-10-8-6-4-2/h5,7,11,13,17,19,23,25,29,31,90H,3-4,6,8-10,12,14-16,18,20-22,24,26-28,30,32-89,93H2,1-2H3,(H,96,97)/b7-5-,13-11-,19-17-,25-23-,31-29-. The number of hydrogen-bond donors (Lipinski definition) is 2. The lowest BCUT2D eigenvalue weighted by atomic mass is 10.0. The van der Waals surface area contributed by atoms with Crippen LogP contribution < -0.4 is 5.73 Å². The Morgan fingerprint density at radius 1 is 0.304 bits per heavy atom. The predicted octanol–water partition coefficient (Wildman–Crippen LogP) is 30.8. The molecule has 10 heteroatoms. The second-order valence-corrected chi connectivity index (χ2v) is 32.3. The van der Waals surface area contributed by atoms with E-state index in [9.17, 15) is 19.0 Å². The van der Waals surface area contributed by atoms with E-state index in [4.69, 9.17) is 24.3 Å². The van der Waals surface area contributed by atoms with Crippen molar-refractivity contribution in [3.8, 4) is 0 Å². The fourth-order valence-corrected chi connectivity index (χ4v) is 14.8. The molecule has 0 aliphatic carbocycles. The van der Waals surface area contributed by atoms with Gasteiger partial charge in [0.2, 0.25) is 0 Å². The Labute approximate surface area is 635 Å². The van der Waals surface area contributed by atoms with E-state index in [2.05, 4.69) is 74.6 Å². The summed E-state index contributed by atoms with van der Waals surface area (Å²) in [7, 11) is -4.40. The molecule has 600 valence electrons. The molecule has 0 fully saturated rings. The van der Waals surface area contributed by atoms with Gasteiger partial charge in [0.15, 0.2) is 6.10 Å². The van der Waals surface area contributed by atoms with Gasteiger partial charge in [0.1, 0.15) is 6.61 Å². The molecule has 0 radical (unpaired) electrons. The molecule has 2 unspecified atom stereocenters. The first-order chi connectivity index (χ1) is 50.3. The summed E-state index contributed by atoms with van der Waals surface area (Å²) in [6.07, 6.45) is 117. The van der Waals surface area contributed by atoms with Crippen molar-refractivity contribution in [1.29, 1.82) is 0 Å². The van der Waals surface area contributed by atoms with E-state index in [0.29, 0.717) is 6.42 Å². The Morgan fingerprint density at radius 3 is 0.804 bits per heavy atom. The van der Waals surface area contributed by atoms with Crippen LogP contribution in [-0.4, -0.2) is 49.3 Å². The van der Waals surface area contributed by atoms with Gasteiger partial charge in [-0.15, -0.1) is 0 Å². The molecule has 0 spiro atoms. The number of esters is 2. The number of rotatable bonds is 87. The summed E-state index contributed by atoms with van der Waals surface area (Å²) < 4.78 is 33.4. The molecule has 0 bridgehead atoms. The lowest BCUT2D eigenvalue weighted by Gasteiger charge is -2.19. The van der Waals surface area contributed by atoms with Gasteiger partial charge >= 0.3 is 19.8 Å². The van der Waals surface area contributed by atoms with Crippen LogP contribution in [0, 0.1) is 0 Å². The lowest BCUT2D eigenvalue weighted by molar-refractivity contribution is -0.161. The average molecular weight is 1450 g/mol. The van der Waals surface area contributed by atoms with E-state index in [1.54, 1.807) is 0 Å². The smallest absolute Gasteiger partial charge is 0.462 e. The summed E-state index contributed by atoms with van der Waals surface area (Å²) in [6.45, 7) is 3.72. The van der Waals surface area contributed by atoms with Gasteiger partial charge in [-0.05, 0) is 57.8 Å². The predicted molar refractivity (Wildman–Crippen MR) is 446 cm³/mol. The number of carbonyl (C=O) groups excluding carboxylic acids is 2. The molecule has 0 aromatic carbocycles. The molecule has 0 aliphatic heterocycles. The number of carbonyl (C=O) groups is 2. The normalized spacial score (nSPS) is 13.0. The first-order valence-electron chi connectivity index (χ1n) is 45.3. The van der Waals surface area contributed by atoms with Gasteiger partial charge in [0, 0.05) is 19.4 Å². The van der Waals surface area contributed by atoms with E-state index in [1.165, 1.54) is 385 Å². The highest BCUT2D eigenvalue weighted by molar-refractivity contribution is 7.47. The van der Waals surface area contributed by atoms with E-state index in [-0.39, 0.29) is 38.6 Å². The first kappa shape index (κ1) is 99.7. The van der Waals surface area contributed by atoms with E-state index in [0.717, 1.165) is 64.2 Å². The van der Waals surface area contributed by atoms with Crippen LogP contribution >= 0.6 is 7.82 Å². The number of phosphoric acid groups is 1. The van der Waals surface area contributed by atoms with Crippen LogP contribution in [0.5, 0.6) is 0 Å². The Bertz CT molecular complexity index is 1870. The summed E-state index contributed by atoms with van der Waals surface area (Å²) in [6, 6.07) is 0. The highest BCUT2D eigenvalue weighted by Crippen LogP contribution is 2.43. The van der Waals surface area contributed by atoms with Crippen molar-refractivity contribution in [2.24, 2.45) is 5.73 Å². The second-order valence-electron chi connectivity index (χ2n) is 30.8. The molecule has 0 aliphatic rings. The molecule has 0 heterocycles. The van der Waals surface area contributed by atoms with Crippen molar-refractivity contribution in [3.63, 3.8) is 0 Å². The van der Waals surface area contributed by atoms with Gasteiger partial charge in [-0.1, -0.05) is 473 Å². The van der Waals surface area contributed by atoms with Gasteiger partial charge < -0.3 is 20.1 Å². The quantitative estimate of drug-likeness (QED) is 0.0264. The van der Waals surface area contributed by atoms with Gasteiger partial charge in [-0.3, -0.25) is 18.6 Å². The average Bonchev–Trinajstić information content (AvgIpc) is 0.948. The molecule has 0 amide bonds. The summed E-state index contributed by atoms with van der Waals surface area (Å²) in [5.74, 6) is -0.798. The van der Waals surface area contributed by atoms with E-state index >= 15 is 0 Å². The van der Waals surface area contributed by atoms with Crippen molar-refractivity contribution >= 4 is 19.8 Å². The Hall–Kier alpha value is -2.29. The molecule has 9 nitrogen and oxygen atoms in total. The van der Waals surface area contributed by atoms with Crippen LogP contribution in [0.4, 0.5) is 0 Å². The molecule has 0 rings (SSSR count). The van der Waals surface area contributed by atoms with Gasteiger partial charge in [-0.25, -0.2) is 4.57 Å². The summed E-state index contributed by atoms with van der Waals surface area (Å²) in [4.78, 5) is 35.5. The van der Waals surface area contributed by atoms with Crippen LogP contribution in [0.3, 0.4) is 0 Å². The fourth-order valence-electron chi connectivity index (χ4n) is 14.0. The summed E-state index contributed by atoms with van der Waals surface area (Å²) in [5.41, 5.74) is 5.43. The topological polar surface area (TPSA) is 134 Å². The Kier molecular flexibility index (Phi) is 85.7. The maximum absolute atomic E-state index is 12.8. The second kappa shape index (κ2) is 87.6. The fraction of sp³-hybridized carbons (Fsp3) is 0.870. The zero-order valence-corrected chi connectivity index (χ0v) is 69.0. The largest absolute Gasteiger partial charge is 0.472 e. The van der Waals surface area contributed by atoms with Crippen LogP contribution in [0.25, 0.3) is 0 Å². The molecule has 0 saturated heterocycles. The minimum atomic E-state index is -4.40.